The maximum Gasteiger partial charge on any atom is 0.320 e. The molecule has 0 aliphatic carbocycles. The molecule has 0 aliphatic rings. The Kier molecular flexibility index (Phi) is 5.06. The molecule has 76 valence electrons. The van der Waals surface area contributed by atoms with Crippen LogP contribution < -0.4 is 5.32 Å². The summed E-state index contributed by atoms with van der Waals surface area (Å²) in [7, 11) is 0. The summed E-state index contributed by atoms with van der Waals surface area (Å²) in [6.45, 7) is 3.46. The van der Waals surface area contributed by atoms with E-state index in [-0.39, 0.29) is 12.5 Å². The van der Waals surface area contributed by atoms with Crippen LogP contribution in [0.5, 0.6) is 0 Å². The standard InChI is InChI=1S/C8H15NO4/c1-5(2)3-6(8(12)13)9-4-7(10)11/h5-6,9H,3-4H2,1-2H3,(H,10,11)(H,12,13)/t6-/m1/s1. The SMILES string of the molecule is CC(C)C[C@@H](NCC(=O)O)C(=O)O. The fraction of sp³-hybridized carbons (Fsp3) is 0.750. The predicted molar refractivity (Wildman–Crippen MR) is 46.5 cm³/mol. The molecule has 5 nitrogen and oxygen atoms in total. The normalized spacial score (nSPS) is 12.8. The van der Waals surface area contributed by atoms with Gasteiger partial charge in [-0.15, -0.1) is 0 Å². The zero-order valence-electron chi connectivity index (χ0n) is 7.78. The van der Waals surface area contributed by atoms with Crippen molar-refractivity contribution < 1.29 is 19.8 Å². The molecule has 0 aliphatic heterocycles. The number of carboxylic acids is 2. The number of carbonyl (C=O) groups is 2. The number of nitrogens with one attached hydrogen (secondary N) is 1. The van der Waals surface area contributed by atoms with Gasteiger partial charge in [-0.25, -0.2) is 0 Å². The van der Waals surface area contributed by atoms with Gasteiger partial charge >= 0.3 is 11.9 Å². The minimum atomic E-state index is -1.05. The second-order valence-electron chi connectivity index (χ2n) is 3.30. The Labute approximate surface area is 76.8 Å². The number of carboxylic acid groups (broad SMARTS) is 2. The lowest BCUT2D eigenvalue weighted by molar-refractivity contribution is -0.140. The van der Waals surface area contributed by atoms with Crippen LogP contribution in [0.2, 0.25) is 0 Å². The minimum Gasteiger partial charge on any atom is -0.480 e. The maximum atomic E-state index is 10.6. The van der Waals surface area contributed by atoms with E-state index in [9.17, 15) is 9.59 Å². The highest BCUT2D eigenvalue weighted by molar-refractivity contribution is 5.75. The first kappa shape index (κ1) is 11.9. The Morgan fingerprint density at radius 3 is 2.15 bits per heavy atom. The highest BCUT2D eigenvalue weighted by Crippen LogP contribution is 2.04. The van der Waals surface area contributed by atoms with E-state index >= 15 is 0 Å². The first-order valence-corrected chi connectivity index (χ1v) is 4.11. The Morgan fingerprint density at radius 2 is 1.85 bits per heavy atom. The molecular formula is C8H15NO4. The van der Waals surface area contributed by atoms with Gasteiger partial charge in [-0.3, -0.25) is 14.9 Å². The van der Waals surface area contributed by atoms with Gasteiger partial charge in [0.2, 0.25) is 0 Å². The lowest BCUT2D eigenvalue weighted by Gasteiger charge is -2.14. The van der Waals surface area contributed by atoms with Gasteiger partial charge in [0, 0.05) is 0 Å². The molecule has 0 bridgehead atoms. The quantitative estimate of drug-likeness (QED) is 0.554. The van der Waals surface area contributed by atoms with Crippen molar-refractivity contribution in [2.75, 3.05) is 6.54 Å². The lowest BCUT2D eigenvalue weighted by atomic mass is 10.0. The summed E-state index contributed by atoms with van der Waals surface area (Å²) in [5.74, 6) is -1.83. The zero-order chi connectivity index (χ0) is 10.4. The van der Waals surface area contributed by atoms with Crippen LogP contribution in [-0.4, -0.2) is 34.7 Å². The highest BCUT2D eigenvalue weighted by atomic mass is 16.4. The molecule has 0 amide bonds. The molecule has 1 atom stereocenters. The summed E-state index contributed by atoms with van der Waals surface area (Å²) in [6, 6.07) is -0.768. The molecule has 0 unspecified atom stereocenters. The fourth-order valence-electron chi connectivity index (χ4n) is 0.953. The molecule has 5 heteroatoms. The van der Waals surface area contributed by atoms with E-state index in [0.29, 0.717) is 6.42 Å². The monoisotopic (exact) mass is 189 g/mol. The van der Waals surface area contributed by atoms with Gasteiger partial charge < -0.3 is 10.2 Å². The van der Waals surface area contributed by atoms with Crippen molar-refractivity contribution in [2.24, 2.45) is 5.92 Å². The molecule has 0 aromatic heterocycles. The van der Waals surface area contributed by atoms with E-state index in [0.717, 1.165) is 0 Å². The Hall–Kier alpha value is -1.10. The molecule has 0 aromatic carbocycles. The predicted octanol–water partition coefficient (Wildman–Crippen LogP) is 0.160. The number of rotatable bonds is 6. The Morgan fingerprint density at radius 1 is 1.31 bits per heavy atom. The van der Waals surface area contributed by atoms with Crippen LogP contribution in [0.25, 0.3) is 0 Å². The smallest absolute Gasteiger partial charge is 0.320 e. The molecule has 0 aromatic rings. The Balaban J connectivity index is 3.95. The fourth-order valence-corrected chi connectivity index (χ4v) is 0.953. The van der Waals surface area contributed by atoms with Gasteiger partial charge in [0.15, 0.2) is 0 Å². The molecule has 0 rings (SSSR count). The molecule has 3 N–H and O–H groups in total. The molecule has 0 heterocycles. The summed E-state index contributed by atoms with van der Waals surface area (Å²) < 4.78 is 0. The van der Waals surface area contributed by atoms with Crippen LogP contribution in [0.15, 0.2) is 0 Å². The van der Waals surface area contributed by atoms with Crippen LogP contribution in [0.3, 0.4) is 0 Å². The van der Waals surface area contributed by atoms with Crippen molar-refractivity contribution in [2.45, 2.75) is 26.3 Å². The number of aliphatic carboxylic acids is 2. The van der Waals surface area contributed by atoms with Gasteiger partial charge in [0.1, 0.15) is 6.04 Å². The average Bonchev–Trinajstić information content (AvgIpc) is 1.96. The van der Waals surface area contributed by atoms with E-state index in [2.05, 4.69) is 5.32 Å². The number of hydrogen-bond donors (Lipinski definition) is 3. The largest absolute Gasteiger partial charge is 0.480 e. The topological polar surface area (TPSA) is 86.6 Å². The van der Waals surface area contributed by atoms with Crippen molar-refractivity contribution in [3.63, 3.8) is 0 Å². The van der Waals surface area contributed by atoms with Gasteiger partial charge in [-0.1, -0.05) is 13.8 Å². The van der Waals surface area contributed by atoms with Gasteiger partial charge in [-0.2, -0.15) is 0 Å². The van der Waals surface area contributed by atoms with Crippen molar-refractivity contribution >= 4 is 11.9 Å². The van der Waals surface area contributed by atoms with Gasteiger partial charge in [-0.05, 0) is 12.3 Å². The number of hydrogen-bond acceptors (Lipinski definition) is 3. The molecular weight excluding hydrogens is 174 g/mol. The van der Waals surface area contributed by atoms with E-state index in [1.807, 2.05) is 13.8 Å². The van der Waals surface area contributed by atoms with Crippen molar-refractivity contribution in [1.82, 2.24) is 5.32 Å². The van der Waals surface area contributed by atoms with E-state index < -0.39 is 18.0 Å². The van der Waals surface area contributed by atoms with E-state index in [4.69, 9.17) is 10.2 Å². The third-order valence-electron chi connectivity index (χ3n) is 1.50. The van der Waals surface area contributed by atoms with E-state index in [1.165, 1.54) is 0 Å². The summed E-state index contributed by atoms with van der Waals surface area (Å²) in [5.41, 5.74) is 0. The van der Waals surface area contributed by atoms with Crippen LogP contribution in [0.4, 0.5) is 0 Å². The second kappa shape index (κ2) is 5.53. The Bertz CT molecular complexity index is 191. The maximum absolute atomic E-state index is 10.6. The van der Waals surface area contributed by atoms with Gasteiger partial charge in [0.25, 0.3) is 0 Å². The molecule has 0 fully saturated rings. The zero-order valence-corrected chi connectivity index (χ0v) is 7.78. The molecule has 0 saturated carbocycles. The van der Waals surface area contributed by atoms with Crippen LogP contribution in [0, 0.1) is 5.92 Å². The van der Waals surface area contributed by atoms with Crippen molar-refractivity contribution in [1.29, 1.82) is 0 Å². The first-order chi connectivity index (χ1) is 5.93. The molecule has 13 heavy (non-hydrogen) atoms. The highest BCUT2D eigenvalue weighted by Gasteiger charge is 2.18. The van der Waals surface area contributed by atoms with E-state index in [1.54, 1.807) is 0 Å². The third kappa shape index (κ3) is 6.10. The molecule has 0 saturated heterocycles. The first-order valence-electron chi connectivity index (χ1n) is 4.11. The minimum absolute atomic E-state index is 0.224. The summed E-state index contributed by atoms with van der Waals surface area (Å²) in [4.78, 5) is 20.7. The summed E-state index contributed by atoms with van der Waals surface area (Å²) in [6.07, 6.45) is 0.433. The van der Waals surface area contributed by atoms with Crippen LogP contribution in [-0.2, 0) is 9.59 Å². The third-order valence-corrected chi connectivity index (χ3v) is 1.50. The van der Waals surface area contributed by atoms with Gasteiger partial charge in [0.05, 0.1) is 6.54 Å². The van der Waals surface area contributed by atoms with Crippen molar-refractivity contribution in [3.05, 3.63) is 0 Å². The average molecular weight is 189 g/mol. The molecule has 0 spiro atoms. The molecule has 0 radical (unpaired) electrons. The van der Waals surface area contributed by atoms with Crippen molar-refractivity contribution in [3.8, 4) is 0 Å². The summed E-state index contributed by atoms with van der Waals surface area (Å²) >= 11 is 0. The lowest BCUT2D eigenvalue weighted by Crippen LogP contribution is -2.40. The summed E-state index contributed by atoms with van der Waals surface area (Å²) in [5, 5.41) is 19.5. The van der Waals surface area contributed by atoms with Crippen LogP contribution in [0.1, 0.15) is 20.3 Å². The second-order valence-corrected chi connectivity index (χ2v) is 3.30. The van der Waals surface area contributed by atoms with Crippen LogP contribution >= 0.6 is 0 Å².